The van der Waals surface area contributed by atoms with Crippen molar-refractivity contribution in [3.8, 4) is 0 Å². The lowest BCUT2D eigenvalue weighted by molar-refractivity contribution is 0.279. The van der Waals surface area contributed by atoms with Crippen molar-refractivity contribution < 1.29 is 0 Å². The van der Waals surface area contributed by atoms with E-state index in [1.165, 1.54) is 11.4 Å². The molecule has 0 spiro atoms. The molecule has 1 aromatic heterocycles. The van der Waals surface area contributed by atoms with E-state index in [9.17, 15) is 0 Å². The summed E-state index contributed by atoms with van der Waals surface area (Å²) in [6, 6.07) is 2.47. The quantitative estimate of drug-likeness (QED) is 0.881. The van der Waals surface area contributed by atoms with E-state index < -0.39 is 0 Å². The average molecular weight is 253 g/mol. The summed E-state index contributed by atoms with van der Waals surface area (Å²) in [7, 11) is 2.01. The molecule has 0 bridgehead atoms. The minimum Gasteiger partial charge on any atom is -0.327 e. The van der Waals surface area contributed by atoms with Crippen molar-refractivity contribution in [1.82, 2.24) is 9.78 Å². The standard InChI is InChI=1S/C13H23N3S/c1-8-5-9(2)13(11(14)6-8)17-12-7-10(3)15-16(12)4/h7-9,11,13H,5-6,14H2,1-4H3. The zero-order valence-corrected chi connectivity index (χ0v) is 12.0. The van der Waals surface area contributed by atoms with Crippen molar-refractivity contribution in [2.75, 3.05) is 0 Å². The number of rotatable bonds is 2. The molecule has 0 aromatic carbocycles. The number of aryl methyl sites for hydroxylation is 2. The number of hydrogen-bond donors (Lipinski definition) is 1. The zero-order valence-electron chi connectivity index (χ0n) is 11.2. The van der Waals surface area contributed by atoms with Gasteiger partial charge in [0.1, 0.15) is 0 Å². The summed E-state index contributed by atoms with van der Waals surface area (Å²) >= 11 is 1.91. The molecule has 96 valence electrons. The molecule has 1 heterocycles. The molecule has 1 fully saturated rings. The predicted octanol–water partition coefficient (Wildman–Crippen LogP) is 2.58. The molecule has 1 aliphatic rings. The fourth-order valence-corrected chi connectivity index (χ4v) is 4.27. The molecule has 0 aliphatic heterocycles. The second kappa shape index (κ2) is 5.02. The molecule has 0 saturated heterocycles. The van der Waals surface area contributed by atoms with Crippen molar-refractivity contribution in [3.63, 3.8) is 0 Å². The minimum atomic E-state index is 0.314. The van der Waals surface area contributed by atoms with Crippen molar-refractivity contribution in [3.05, 3.63) is 11.8 Å². The van der Waals surface area contributed by atoms with E-state index in [2.05, 4.69) is 25.0 Å². The Morgan fingerprint density at radius 1 is 1.41 bits per heavy atom. The van der Waals surface area contributed by atoms with Crippen LogP contribution in [0.2, 0.25) is 0 Å². The summed E-state index contributed by atoms with van der Waals surface area (Å²) in [6.07, 6.45) is 2.45. The molecular formula is C13H23N3S. The van der Waals surface area contributed by atoms with Gasteiger partial charge in [0.15, 0.2) is 0 Å². The van der Waals surface area contributed by atoms with Crippen molar-refractivity contribution in [2.45, 2.75) is 49.9 Å². The maximum absolute atomic E-state index is 6.31. The largest absolute Gasteiger partial charge is 0.327 e. The SMILES string of the molecule is Cc1cc(SC2C(C)CC(C)CC2N)n(C)n1. The summed E-state index contributed by atoms with van der Waals surface area (Å²) in [4.78, 5) is 0. The molecule has 3 nitrogen and oxygen atoms in total. The summed E-state index contributed by atoms with van der Waals surface area (Å²) in [6.45, 7) is 6.68. The fourth-order valence-electron chi connectivity index (χ4n) is 2.93. The van der Waals surface area contributed by atoms with Gasteiger partial charge in [-0.1, -0.05) is 13.8 Å². The lowest BCUT2D eigenvalue weighted by atomic mass is 9.80. The second-order valence-corrected chi connectivity index (χ2v) is 6.75. The van der Waals surface area contributed by atoms with E-state index in [4.69, 9.17) is 5.73 Å². The first-order valence-corrected chi connectivity index (χ1v) is 7.28. The van der Waals surface area contributed by atoms with Crippen molar-refractivity contribution in [2.24, 2.45) is 24.6 Å². The molecule has 4 atom stereocenters. The van der Waals surface area contributed by atoms with Gasteiger partial charge in [0.25, 0.3) is 0 Å². The topological polar surface area (TPSA) is 43.8 Å². The normalized spacial score (nSPS) is 33.9. The van der Waals surface area contributed by atoms with Crippen LogP contribution < -0.4 is 5.73 Å². The van der Waals surface area contributed by atoms with Gasteiger partial charge in [-0.2, -0.15) is 5.10 Å². The monoisotopic (exact) mass is 253 g/mol. The van der Waals surface area contributed by atoms with E-state index in [1.807, 2.05) is 30.4 Å². The van der Waals surface area contributed by atoms with Crippen LogP contribution in [0, 0.1) is 18.8 Å². The fraction of sp³-hybridized carbons (Fsp3) is 0.769. The molecule has 0 radical (unpaired) electrons. The highest BCUT2D eigenvalue weighted by Crippen LogP contribution is 2.38. The zero-order chi connectivity index (χ0) is 12.6. The van der Waals surface area contributed by atoms with Gasteiger partial charge in [-0.15, -0.1) is 11.8 Å². The Labute approximate surface area is 108 Å². The number of aromatic nitrogens is 2. The lowest BCUT2D eigenvalue weighted by Crippen LogP contribution is -2.43. The third-order valence-electron chi connectivity index (χ3n) is 3.65. The van der Waals surface area contributed by atoms with Crippen LogP contribution in [-0.4, -0.2) is 21.1 Å². The third-order valence-corrected chi connectivity index (χ3v) is 5.36. The van der Waals surface area contributed by atoms with Crippen LogP contribution in [0.1, 0.15) is 32.4 Å². The lowest BCUT2D eigenvalue weighted by Gasteiger charge is -2.37. The Hall–Kier alpha value is -0.480. The highest BCUT2D eigenvalue weighted by atomic mass is 32.2. The van der Waals surface area contributed by atoms with Crippen LogP contribution in [0.4, 0.5) is 0 Å². The number of nitrogens with two attached hydrogens (primary N) is 1. The van der Waals surface area contributed by atoms with E-state index in [-0.39, 0.29) is 0 Å². The predicted molar refractivity (Wildman–Crippen MR) is 73.1 cm³/mol. The van der Waals surface area contributed by atoms with E-state index in [1.54, 1.807) is 0 Å². The number of hydrogen-bond acceptors (Lipinski definition) is 3. The first kappa shape index (κ1) is 13.0. The first-order chi connectivity index (χ1) is 7.97. The Morgan fingerprint density at radius 3 is 2.65 bits per heavy atom. The van der Waals surface area contributed by atoms with Gasteiger partial charge in [0, 0.05) is 18.3 Å². The van der Waals surface area contributed by atoms with Gasteiger partial charge in [0.05, 0.1) is 10.7 Å². The van der Waals surface area contributed by atoms with Crippen LogP contribution >= 0.6 is 11.8 Å². The Bertz CT molecular complexity index is 376. The third kappa shape index (κ3) is 2.86. The maximum atomic E-state index is 6.31. The van der Waals surface area contributed by atoms with Gasteiger partial charge in [0.2, 0.25) is 0 Å². The summed E-state index contributed by atoms with van der Waals surface area (Å²) in [5, 5.41) is 6.17. The van der Waals surface area contributed by atoms with E-state index in [0.29, 0.717) is 17.2 Å². The number of thioether (sulfide) groups is 1. The molecule has 17 heavy (non-hydrogen) atoms. The maximum Gasteiger partial charge on any atom is 0.0942 e. The molecular weight excluding hydrogens is 230 g/mol. The molecule has 2 rings (SSSR count). The first-order valence-electron chi connectivity index (χ1n) is 6.40. The second-order valence-electron chi connectivity index (χ2n) is 5.55. The molecule has 1 aromatic rings. The van der Waals surface area contributed by atoms with Gasteiger partial charge in [-0.3, -0.25) is 4.68 Å². The van der Waals surface area contributed by atoms with E-state index >= 15 is 0 Å². The number of nitrogens with zero attached hydrogens (tertiary/aromatic N) is 2. The van der Waals surface area contributed by atoms with Gasteiger partial charge < -0.3 is 5.73 Å². The Balaban J connectivity index is 2.09. The summed E-state index contributed by atoms with van der Waals surface area (Å²) < 4.78 is 1.97. The highest BCUT2D eigenvalue weighted by molar-refractivity contribution is 8.00. The van der Waals surface area contributed by atoms with E-state index in [0.717, 1.165) is 18.0 Å². The van der Waals surface area contributed by atoms with Gasteiger partial charge in [-0.05, 0) is 37.7 Å². The Morgan fingerprint density at radius 2 is 2.12 bits per heavy atom. The van der Waals surface area contributed by atoms with Gasteiger partial charge in [-0.25, -0.2) is 0 Å². The van der Waals surface area contributed by atoms with Crippen LogP contribution in [0.25, 0.3) is 0 Å². The Kier molecular flexibility index (Phi) is 3.83. The molecule has 1 aliphatic carbocycles. The molecule has 1 saturated carbocycles. The highest BCUT2D eigenvalue weighted by Gasteiger charge is 2.33. The van der Waals surface area contributed by atoms with Crippen LogP contribution in [-0.2, 0) is 7.05 Å². The summed E-state index contributed by atoms with van der Waals surface area (Å²) in [5.74, 6) is 1.46. The van der Waals surface area contributed by atoms with Crippen molar-refractivity contribution >= 4 is 11.8 Å². The molecule has 0 amide bonds. The molecule has 4 unspecified atom stereocenters. The van der Waals surface area contributed by atoms with Crippen molar-refractivity contribution in [1.29, 1.82) is 0 Å². The summed E-state index contributed by atoms with van der Waals surface area (Å²) in [5.41, 5.74) is 7.40. The van der Waals surface area contributed by atoms with Crippen LogP contribution in [0.15, 0.2) is 11.1 Å². The van der Waals surface area contributed by atoms with Crippen LogP contribution in [0.5, 0.6) is 0 Å². The molecule has 2 N–H and O–H groups in total. The minimum absolute atomic E-state index is 0.314. The molecule has 4 heteroatoms. The van der Waals surface area contributed by atoms with Crippen LogP contribution in [0.3, 0.4) is 0 Å². The average Bonchev–Trinajstić information content (AvgIpc) is 2.51. The smallest absolute Gasteiger partial charge is 0.0942 e. The van der Waals surface area contributed by atoms with Gasteiger partial charge >= 0.3 is 0 Å².